The maximum absolute atomic E-state index is 13.5. The number of para-hydroxylation sites is 2. The van der Waals surface area contributed by atoms with Gasteiger partial charge >= 0.3 is 0 Å². The highest BCUT2D eigenvalue weighted by Crippen LogP contribution is 2.27. The Balaban J connectivity index is 2.50. The highest BCUT2D eigenvalue weighted by molar-refractivity contribution is 6.05. The smallest absolute Gasteiger partial charge is 0.292 e. The first-order valence-electron chi connectivity index (χ1n) is 5.82. The van der Waals surface area contributed by atoms with E-state index in [-0.39, 0.29) is 0 Å². The lowest BCUT2D eigenvalue weighted by Gasteiger charge is -2.09. The molecule has 2 aromatic carbocycles. The van der Waals surface area contributed by atoms with E-state index in [1.54, 1.807) is 5.32 Å². The van der Waals surface area contributed by atoms with Crippen molar-refractivity contribution < 1.29 is 31.7 Å². The number of benzene rings is 2. The molecule has 0 spiro atoms. The fourth-order valence-corrected chi connectivity index (χ4v) is 1.73. The van der Waals surface area contributed by atoms with Gasteiger partial charge in [0.2, 0.25) is 5.82 Å². The summed E-state index contributed by atoms with van der Waals surface area (Å²) in [7, 11) is 0. The number of hydrogen-bond acceptors (Lipinski definition) is 3. The Morgan fingerprint density at radius 3 is 1.91 bits per heavy atom. The number of hydrogen-bond donors (Lipinski definition) is 1. The summed E-state index contributed by atoms with van der Waals surface area (Å²) in [4.78, 5) is 21.6. The van der Waals surface area contributed by atoms with E-state index in [4.69, 9.17) is 0 Å². The lowest BCUT2D eigenvalue weighted by atomic mass is 10.1. The summed E-state index contributed by atoms with van der Waals surface area (Å²) < 4.78 is 66.0. The van der Waals surface area contributed by atoms with Crippen LogP contribution in [-0.4, -0.2) is 10.8 Å². The molecule has 10 heteroatoms. The Hall–Kier alpha value is -3.04. The molecule has 0 aliphatic rings. The quantitative estimate of drug-likeness (QED) is 0.307. The predicted molar refractivity (Wildman–Crippen MR) is 67.3 cm³/mol. The molecule has 120 valence electrons. The van der Waals surface area contributed by atoms with Crippen molar-refractivity contribution in [3.8, 4) is 0 Å². The normalized spacial score (nSPS) is 10.5. The fraction of sp³-hybridized carbons (Fsp3) is 0. The lowest BCUT2D eigenvalue weighted by molar-refractivity contribution is -0.383. The second kappa shape index (κ2) is 5.99. The van der Waals surface area contributed by atoms with Gasteiger partial charge in [0.25, 0.3) is 11.6 Å². The van der Waals surface area contributed by atoms with Gasteiger partial charge in [-0.2, -0.15) is 0 Å². The number of nitrogens with one attached hydrogen (secondary N) is 1. The molecule has 0 unspecified atom stereocenters. The molecule has 0 fully saturated rings. The Labute approximate surface area is 124 Å². The van der Waals surface area contributed by atoms with Gasteiger partial charge in [-0.15, -0.1) is 0 Å². The number of nitrogens with zero attached hydrogens (tertiary/aromatic N) is 1. The van der Waals surface area contributed by atoms with Crippen molar-refractivity contribution in [3.63, 3.8) is 0 Å². The van der Waals surface area contributed by atoms with E-state index in [0.29, 0.717) is 0 Å². The molecule has 0 saturated heterocycles. The number of nitro benzene ring substituents is 1. The van der Waals surface area contributed by atoms with Crippen LogP contribution >= 0.6 is 0 Å². The van der Waals surface area contributed by atoms with Crippen LogP contribution in [0, 0.1) is 39.2 Å². The summed E-state index contributed by atoms with van der Waals surface area (Å²) in [6.45, 7) is 0. The molecule has 5 nitrogen and oxygen atoms in total. The summed E-state index contributed by atoms with van der Waals surface area (Å²) in [6.07, 6.45) is 0. The molecule has 1 N–H and O–H groups in total. The van der Waals surface area contributed by atoms with Crippen LogP contribution in [0.3, 0.4) is 0 Å². The summed E-state index contributed by atoms with van der Waals surface area (Å²) in [5, 5.41) is 12.5. The van der Waals surface area contributed by atoms with E-state index in [2.05, 4.69) is 0 Å². The number of carbonyl (C=O) groups is 1. The van der Waals surface area contributed by atoms with Crippen molar-refractivity contribution >= 4 is 17.3 Å². The zero-order valence-corrected chi connectivity index (χ0v) is 10.9. The molecule has 0 saturated carbocycles. The van der Waals surface area contributed by atoms with Gasteiger partial charge in [-0.05, 0) is 6.07 Å². The van der Waals surface area contributed by atoms with Crippen molar-refractivity contribution in [2.24, 2.45) is 0 Å². The van der Waals surface area contributed by atoms with Crippen molar-refractivity contribution in [3.05, 3.63) is 69.0 Å². The average Bonchev–Trinajstić information content (AvgIpc) is 2.51. The molecule has 2 rings (SSSR count). The van der Waals surface area contributed by atoms with E-state index < -0.39 is 56.9 Å². The Morgan fingerprint density at radius 2 is 1.39 bits per heavy atom. The zero-order valence-electron chi connectivity index (χ0n) is 10.9. The van der Waals surface area contributed by atoms with Crippen LogP contribution in [0.4, 0.5) is 33.3 Å². The van der Waals surface area contributed by atoms with Gasteiger partial charge in [0.05, 0.1) is 4.92 Å². The molecule has 0 bridgehead atoms. The first-order chi connectivity index (χ1) is 10.8. The summed E-state index contributed by atoms with van der Waals surface area (Å²) in [5.74, 6) is -13.4. The monoisotopic (exact) mass is 332 g/mol. The minimum atomic E-state index is -2.41. The summed E-state index contributed by atoms with van der Waals surface area (Å²) >= 11 is 0. The number of amides is 1. The van der Waals surface area contributed by atoms with E-state index in [1.807, 2.05) is 0 Å². The topological polar surface area (TPSA) is 72.2 Å². The molecule has 0 atom stereocenters. The first kappa shape index (κ1) is 16.3. The number of carbonyl (C=O) groups excluding carboxylic acids is 1. The van der Waals surface area contributed by atoms with E-state index in [1.165, 1.54) is 12.1 Å². The van der Waals surface area contributed by atoms with Crippen molar-refractivity contribution in [1.82, 2.24) is 0 Å². The molecule has 1 amide bonds. The van der Waals surface area contributed by atoms with E-state index in [0.717, 1.165) is 12.1 Å². The summed E-state index contributed by atoms with van der Waals surface area (Å²) in [6, 6.07) is 4.53. The SMILES string of the molecule is O=C(Nc1ccccc1[N+](=O)[O-])c1c(F)c(F)c(F)c(F)c1F. The number of rotatable bonds is 3. The van der Waals surface area contributed by atoms with Crippen molar-refractivity contribution in [1.29, 1.82) is 0 Å². The number of halogens is 5. The molecule has 0 aliphatic heterocycles. The molecule has 2 aromatic rings. The predicted octanol–water partition coefficient (Wildman–Crippen LogP) is 3.54. The van der Waals surface area contributed by atoms with E-state index >= 15 is 0 Å². The van der Waals surface area contributed by atoms with Gasteiger partial charge in [-0.1, -0.05) is 12.1 Å². The third kappa shape index (κ3) is 2.82. The van der Waals surface area contributed by atoms with Crippen LogP contribution in [0.15, 0.2) is 24.3 Å². The largest absolute Gasteiger partial charge is 0.316 e. The minimum absolute atomic E-state index is 0.466. The Kier molecular flexibility index (Phi) is 4.25. The van der Waals surface area contributed by atoms with Crippen LogP contribution in [0.1, 0.15) is 10.4 Å². The standard InChI is InChI=1S/C13H5F5N2O3/c14-8-7(9(15)11(17)12(18)10(8)16)13(21)19-5-3-1-2-4-6(5)20(22)23/h1-4H,(H,19,21). The lowest BCUT2D eigenvalue weighted by Crippen LogP contribution is -2.19. The Morgan fingerprint density at radius 1 is 0.913 bits per heavy atom. The van der Waals surface area contributed by atoms with Gasteiger partial charge < -0.3 is 5.32 Å². The molecular formula is C13H5F5N2O3. The minimum Gasteiger partial charge on any atom is -0.316 e. The molecule has 23 heavy (non-hydrogen) atoms. The second-order valence-electron chi connectivity index (χ2n) is 4.17. The van der Waals surface area contributed by atoms with Gasteiger partial charge in [0.15, 0.2) is 23.3 Å². The average molecular weight is 332 g/mol. The van der Waals surface area contributed by atoms with Crippen LogP contribution in [0.5, 0.6) is 0 Å². The van der Waals surface area contributed by atoms with Crippen LogP contribution in [0.25, 0.3) is 0 Å². The highest BCUT2D eigenvalue weighted by atomic mass is 19.2. The number of anilines is 1. The Bertz CT molecular complexity index is 796. The maximum atomic E-state index is 13.5. The van der Waals surface area contributed by atoms with Crippen LogP contribution in [-0.2, 0) is 0 Å². The van der Waals surface area contributed by atoms with Crippen LogP contribution in [0.2, 0.25) is 0 Å². The molecule has 0 aliphatic carbocycles. The second-order valence-corrected chi connectivity index (χ2v) is 4.17. The van der Waals surface area contributed by atoms with Gasteiger partial charge in [-0.3, -0.25) is 14.9 Å². The summed E-state index contributed by atoms with van der Waals surface area (Å²) in [5.41, 5.74) is -2.82. The zero-order chi connectivity index (χ0) is 17.3. The maximum Gasteiger partial charge on any atom is 0.292 e. The fourth-order valence-electron chi connectivity index (χ4n) is 1.73. The third-order valence-electron chi connectivity index (χ3n) is 2.79. The first-order valence-corrected chi connectivity index (χ1v) is 5.82. The highest BCUT2D eigenvalue weighted by Gasteiger charge is 2.30. The molecule has 0 radical (unpaired) electrons. The number of nitro groups is 1. The van der Waals surface area contributed by atoms with Gasteiger partial charge in [0, 0.05) is 6.07 Å². The van der Waals surface area contributed by atoms with Gasteiger partial charge in [-0.25, -0.2) is 22.0 Å². The van der Waals surface area contributed by atoms with Crippen molar-refractivity contribution in [2.75, 3.05) is 5.32 Å². The molecule has 0 aromatic heterocycles. The van der Waals surface area contributed by atoms with Crippen LogP contribution < -0.4 is 5.32 Å². The van der Waals surface area contributed by atoms with E-state index in [9.17, 15) is 36.9 Å². The van der Waals surface area contributed by atoms with Crippen molar-refractivity contribution in [2.45, 2.75) is 0 Å². The molecule has 0 heterocycles. The third-order valence-corrected chi connectivity index (χ3v) is 2.79. The molecular weight excluding hydrogens is 327 g/mol. The van der Waals surface area contributed by atoms with Gasteiger partial charge in [0.1, 0.15) is 11.3 Å².